The number of nitrogens with one attached hydrogen (secondary N) is 2. The lowest BCUT2D eigenvalue weighted by Gasteiger charge is -2.17. The molecule has 6 rings (SSSR count). The van der Waals surface area contributed by atoms with Crippen molar-refractivity contribution in [2.24, 2.45) is 0 Å². The maximum absolute atomic E-state index is 13.3. The Morgan fingerprint density at radius 3 is 2.71 bits per heavy atom. The van der Waals surface area contributed by atoms with Crippen molar-refractivity contribution in [3.05, 3.63) is 65.4 Å². The number of rotatable bonds is 1. The van der Waals surface area contributed by atoms with E-state index in [9.17, 15) is 9.90 Å². The molecule has 0 aliphatic carbocycles. The first kappa shape index (κ1) is 15.6. The molecule has 0 spiro atoms. The van der Waals surface area contributed by atoms with Crippen LogP contribution in [0.2, 0.25) is 0 Å². The summed E-state index contributed by atoms with van der Waals surface area (Å²) < 4.78 is 0. The SMILES string of the molecule is O=C(c1cc2c3c(ccc2[nH]1)NCC3)N1CCc2c1cc(O)c1ccccc21. The number of benzene rings is 3. The predicted molar refractivity (Wildman–Crippen MR) is 111 cm³/mol. The second-order valence-electron chi connectivity index (χ2n) is 7.56. The smallest absolute Gasteiger partial charge is 0.274 e. The van der Waals surface area contributed by atoms with E-state index in [1.54, 1.807) is 11.0 Å². The number of phenols is 1. The minimum absolute atomic E-state index is 0.0515. The van der Waals surface area contributed by atoms with Crippen LogP contribution >= 0.6 is 0 Å². The van der Waals surface area contributed by atoms with Crippen molar-refractivity contribution in [1.82, 2.24) is 4.98 Å². The van der Waals surface area contributed by atoms with Gasteiger partial charge in [-0.25, -0.2) is 0 Å². The molecule has 5 nitrogen and oxygen atoms in total. The number of nitrogens with zero attached hydrogens (tertiary/aromatic N) is 1. The molecule has 0 radical (unpaired) electrons. The zero-order valence-corrected chi connectivity index (χ0v) is 15.2. The molecule has 0 saturated heterocycles. The fourth-order valence-electron chi connectivity index (χ4n) is 4.74. The van der Waals surface area contributed by atoms with Gasteiger partial charge in [-0.3, -0.25) is 4.79 Å². The Kier molecular flexibility index (Phi) is 3.07. The minimum atomic E-state index is -0.0515. The first-order chi connectivity index (χ1) is 13.7. The summed E-state index contributed by atoms with van der Waals surface area (Å²) >= 11 is 0. The van der Waals surface area contributed by atoms with Crippen molar-refractivity contribution >= 4 is 39.0 Å². The summed E-state index contributed by atoms with van der Waals surface area (Å²) in [5.41, 5.74) is 5.96. The fourth-order valence-corrected chi connectivity index (χ4v) is 4.74. The maximum Gasteiger partial charge on any atom is 0.274 e. The van der Waals surface area contributed by atoms with E-state index < -0.39 is 0 Å². The highest BCUT2D eigenvalue weighted by Crippen LogP contribution is 2.40. The number of hydrogen-bond acceptors (Lipinski definition) is 3. The number of H-pyrrole nitrogens is 1. The topological polar surface area (TPSA) is 68.4 Å². The van der Waals surface area contributed by atoms with Gasteiger partial charge in [0, 0.05) is 41.1 Å². The Labute approximate surface area is 161 Å². The van der Waals surface area contributed by atoms with Crippen LogP contribution in [0.5, 0.6) is 5.75 Å². The van der Waals surface area contributed by atoms with Crippen molar-refractivity contribution in [1.29, 1.82) is 0 Å². The number of hydrogen-bond donors (Lipinski definition) is 3. The summed E-state index contributed by atoms with van der Waals surface area (Å²) in [5, 5.41) is 16.8. The van der Waals surface area contributed by atoms with Crippen LogP contribution < -0.4 is 10.2 Å². The Morgan fingerprint density at radius 2 is 1.82 bits per heavy atom. The zero-order chi connectivity index (χ0) is 18.8. The number of fused-ring (bicyclic) bond motifs is 6. The average Bonchev–Trinajstić information content (AvgIpc) is 3.44. The van der Waals surface area contributed by atoms with E-state index >= 15 is 0 Å². The molecule has 2 aliphatic rings. The van der Waals surface area contributed by atoms with Crippen LogP contribution in [0.25, 0.3) is 21.7 Å². The molecule has 0 bridgehead atoms. The van der Waals surface area contributed by atoms with E-state index in [4.69, 9.17) is 0 Å². The summed E-state index contributed by atoms with van der Waals surface area (Å²) in [5.74, 6) is 0.166. The van der Waals surface area contributed by atoms with E-state index in [-0.39, 0.29) is 11.7 Å². The van der Waals surface area contributed by atoms with Crippen molar-refractivity contribution in [3.8, 4) is 5.75 Å². The summed E-state index contributed by atoms with van der Waals surface area (Å²) in [7, 11) is 0. The highest BCUT2D eigenvalue weighted by molar-refractivity contribution is 6.11. The van der Waals surface area contributed by atoms with Crippen molar-refractivity contribution < 1.29 is 9.90 Å². The summed E-state index contributed by atoms with van der Waals surface area (Å²) in [6, 6.07) is 15.6. The number of aromatic hydroxyl groups is 1. The molecule has 2 aliphatic heterocycles. The first-order valence-electron chi connectivity index (χ1n) is 9.64. The Hall–Kier alpha value is -3.47. The first-order valence-corrected chi connectivity index (χ1v) is 9.64. The van der Waals surface area contributed by atoms with Crippen molar-refractivity contribution in [2.45, 2.75) is 12.8 Å². The van der Waals surface area contributed by atoms with Crippen LogP contribution in [-0.4, -0.2) is 29.1 Å². The molecular formula is C23H19N3O2. The van der Waals surface area contributed by atoms with Gasteiger partial charge < -0.3 is 20.3 Å². The monoisotopic (exact) mass is 369 g/mol. The average molecular weight is 369 g/mol. The lowest BCUT2D eigenvalue weighted by Crippen LogP contribution is -2.29. The molecule has 5 heteroatoms. The molecule has 4 aromatic rings. The number of phenolic OH excluding ortho intramolecular Hbond substituents is 1. The molecule has 138 valence electrons. The number of carbonyl (C=O) groups excluding carboxylic acids is 1. The zero-order valence-electron chi connectivity index (χ0n) is 15.2. The van der Waals surface area contributed by atoms with Gasteiger partial charge in [0.2, 0.25) is 0 Å². The molecule has 1 aromatic heterocycles. The quantitative estimate of drug-likeness (QED) is 0.471. The van der Waals surface area contributed by atoms with Gasteiger partial charge in [0.15, 0.2) is 0 Å². The second-order valence-corrected chi connectivity index (χ2v) is 7.56. The molecule has 28 heavy (non-hydrogen) atoms. The summed E-state index contributed by atoms with van der Waals surface area (Å²) in [6.07, 6.45) is 1.77. The standard InChI is InChI=1S/C23H19N3O2/c27-22-12-21-15(13-3-1-2-4-16(13)22)8-10-26(21)23(28)20-11-17-14-7-9-24-18(14)5-6-19(17)25-20/h1-6,11-12,24-25,27H,7-10H2. The molecule has 1 amide bonds. The third-order valence-corrected chi connectivity index (χ3v) is 6.07. The van der Waals surface area contributed by atoms with E-state index in [2.05, 4.69) is 16.4 Å². The molecular weight excluding hydrogens is 350 g/mol. The third-order valence-electron chi connectivity index (χ3n) is 6.07. The number of aromatic amines is 1. The van der Waals surface area contributed by atoms with Crippen LogP contribution in [0.15, 0.2) is 48.5 Å². The van der Waals surface area contributed by atoms with Gasteiger partial charge in [0.05, 0.1) is 5.69 Å². The normalized spacial score (nSPS) is 15.1. The lowest BCUT2D eigenvalue weighted by molar-refractivity contribution is 0.0985. The van der Waals surface area contributed by atoms with Crippen LogP contribution in [0.4, 0.5) is 11.4 Å². The van der Waals surface area contributed by atoms with Gasteiger partial charge in [-0.05, 0) is 47.6 Å². The number of amides is 1. The molecule has 3 aromatic carbocycles. The van der Waals surface area contributed by atoms with Crippen LogP contribution in [0, 0.1) is 0 Å². The molecule has 0 unspecified atom stereocenters. The molecule has 0 atom stereocenters. The van der Waals surface area contributed by atoms with E-state index in [0.717, 1.165) is 58.0 Å². The molecule has 0 saturated carbocycles. The third kappa shape index (κ3) is 2.04. The maximum atomic E-state index is 13.3. The molecule has 0 fully saturated rings. The number of anilines is 2. The molecule has 3 N–H and O–H groups in total. The van der Waals surface area contributed by atoms with Gasteiger partial charge in [-0.2, -0.15) is 0 Å². The Bertz CT molecular complexity index is 1290. The van der Waals surface area contributed by atoms with Gasteiger partial charge >= 0.3 is 0 Å². The molecule has 3 heterocycles. The van der Waals surface area contributed by atoms with Crippen LogP contribution in [0.1, 0.15) is 21.6 Å². The van der Waals surface area contributed by atoms with Crippen molar-refractivity contribution in [2.75, 3.05) is 23.3 Å². The van der Waals surface area contributed by atoms with Crippen LogP contribution in [0.3, 0.4) is 0 Å². The van der Waals surface area contributed by atoms with Gasteiger partial charge in [0.1, 0.15) is 11.4 Å². The lowest BCUT2D eigenvalue weighted by atomic mass is 10.0. The fraction of sp³-hybridized carbons (Fsp3) is 0.174. The van der Waals surface area contributed by atoms with E-state index in [1.165, 1.54) is 5.56 Å². The predicted octanol–water partition coefficient (Wildman–Crippen LogP) is 4.20. The van der Waals surface area contributed by atoms with E-state index in [0.29, 0.717) is 12.2 Å². The van der Waals surface area contributed by atoms with Gasteiger partial charge in [-0.1, -0.05) is 24.3 Å². The minimum Gasteiger partial charge on any atom is -0.507 e. The Morgan fingerprint density at radius 1 is 0.964 bits per heavy atom. The number of carbonyl (C=O) groups is 1. The van der Waals surface area contributed by atoms with Gasteiger partial charge in [-0.15, -0.1) is 0 Å². The second kappa shape index (κ2) is 5.52. The van der Waals surface area contributed by atoms with Crippen LogP contribution in [-0.2, 0) is 12.8 Å². The summed E-state index contributed by atoms with van der Waals surface area (Å²) in [4.78, 5) is 18.4. The highest BCUT2D eigenvalue weighted by Gasteiger charge is 2.29. The van der Waals surface area contributed by atoms with Crippen molar-refractivity contribution in [3.63, 3.8) is 0 Å². The largest absolute Gasteiger partial charge is 0.507 e. The summed E-state index contributed by atoms with van der Waals surface area (Å²) in [6.45, 7) is 1.56. The van der Waals surface area contributed by atoms with E-state index in [1.807, 2.05) is 36.4 Å². The van der Waals surface area contributed by atoms with Gasteiger partial charge in [0.25, 0.3) is 5.91 Å². The number of aromatic nitrogens is 1. The Balaban J connectivity index is 1.46. The highest BCUT2D eigenvalue weighted by atomic mass is 16.3.